The van der Waals surface area contributed by atoms with Crippen molar-refractivity contribution in [2.24, 2.45) is 15.7 Å². The molecule has 0 saturated heterocycles. The molecule has 240 valence electrons. The van der Waals surface area contributed by atoms with Gasteiger partial charge in [-0.2, -0.15) is 0 Å². The van der Waals surface area contributed by atoms with E-state index < -0.39 is 35.7 Å². The number of fused-ring (bicyclic) bond motifs is 1. The first kappa shape index (κ1) is 33.7. The fourth-order valence-corrected chi connectivity index (χ4v) is 5.20. The topological polar surface area (TPSA) is 164 Å². The molecule has 0 aliphatic carbocycles. The van der Waals surface area contributed by atoms with Gasteiger partial charge in [0.1, 0.15) is 29.3 Å². The van der Waals surface area contributed by atoms with E-state index >= 15 is 0 Å². The number of ether oxygens (including phenoxy) is 1. The molecule has 0 spiro atoms. The molecule has 1 aromatic heterocycles. The first-order chi connectivity index (χ1) is 21.2. The number of amides is 2. The Morgan fingerprint density at radius 3 is 2.67 bits per heavy atom. The van der Waals surface area contributed by atoms with Crippen LogP contribution in [0.4, 0.5) is 28.3 Å². The summed E-state index contributed by atoms with van der Waals surface area (Å²) in [4.78, 5) is 30.0. The third kappa shape index (κ3) is 8.29. The lowest BCUT2D eigenvalue weighted by atomic mass is 9.90. The van der Waals surface area contributed by atoms with Gasteiger partial charge in [0, 0.05) is 35.6 Å². The molecule has 0 radical (unpaired) electrons. The molecule has 0 bridgehead atoms. The molecule has 45 heavy (non-hydrogen) atoms. The highest BCUT2D eigenvalue weighted by Crippen LogP contribution is 2.42. The second-order valence-corrected chi connectivity index (χ2v) is 11.1. The Bertz CT molecular complexity index is 1640. The zero-order valence-electron chi connectivity index (χ0n) is 23.7. The third-order valence-corrected chi connectivity index (χ3v) is 7.20. The largest absolute Gasteiger partial charge is 0.493 e. The van der Waals surface area contributed by atoms with Crippen LogP contribution < -0.4 is 21.5 Å². The molecule has 1 aliphatic heterocycles. The summed E-state index contributed by atoms with van der Waals surface area (Å²) in [6.07, 6.45) is 1.79. The number of aliphatic imine (C=N–C) groups is 2. The smallest absolute Gasteiger partial charge is 0.318 e. The van der Waals surface area contributed by atoms with Crippen LogP contribution in [0, 0.1) is 11.6 Å². The molecule has 6 N–H and O–H groups in total. The van der Waals surface area contributed by atoms with Gasteiger partial charge < -0.3 is 31.5 Å². The predicted molar refractivity (Wildman–Crippen MR) is 162 cm³/mol. The molecule has 3 aromatic rings. The normalized spacial score (nSPS) is 14.6. The Kier molecular flexibility index (Phi) is 10.4. The maximum atomic E-state index is 14.7. The molecule has 0 saturated carbocycles. The minimum absolute atomic E-state index is 0.0391. The van der Waals surface area contributed by atoms with E-state index in [9.17, 15) is 27.5 Å². The van der Waals surface area contributed by atoms with Crippen molar-refractivity contribution in [2.45, 2.75) is 38.0 Å². The molecule has 2 aromatic carbocycles. The van der Waals surface area contributed by atoms with Crippen LogP contribution in [-0.4, -0.2) is 64.3 Å². The summed E-state index contributed by atoms with van der Waals surface area (Å²) in [5.41, 5.74) is 10.2. The number of urea groups is 1. The van der Waals surface area contributed by atoms with Crippen LogP contribution in [0.1, 0.15) is 30.2 Å². The number of halogens is 6. The maximum Gasteiger partial charge on any atom is 0.318 e. The van der Waals surface area contributed by atoms with E-state index in [4.69, 9.17) is 39.4 Å². The van der Waals surface area contributed by atoms with Crippen molar-refractivity contribution >= 4 is 47.9 Å². The number of nitrogens with one attached hydrogen (secondary N) is 1. The Labute approximate surface area is 264 Å². The van der Waals surface area contributed by atoms with Gasteiger partial charge in [-0.05, 0) is 18.2 Å². The standard InChI is InChI=1S/C28H28Cl2F4N8O3/c1-27(33,34)11-39-26(43)42-9-17-21(10-42)40-25(36)41-24(17)23-19(30)6-15(29)7-22(23)45-5-4-28(44,12-37-14-38-13-35)18-3-2-16(31)8-20(18)32/h2-3,6-8,13-14,44H,4-5,9-12H2,1H3,(H,39,43)(H2,35,37,38)(H2,36,40,41)/t28-/m0/s1. The lowest BCUT2D eigenvalue weighted by Crippen LogP contribution is -2.41. The number of aliphatic hydroxyl groups is 1. The average Bonchev–Trinajstić information content (AvgIpc) is 3.37. The fourth-order valence-electron chi connectivity index (χ4n) is 4.63. The first-order valence-electron chi connectivity index (χ1n) is 13.3. The number of carbonyl (C=O) groups excluding carboxylic acids is 1. The fraction of sp³-hybridized carbons (Fsp3) is 0.321. The Hall–Kier alpha value is -4.21. The van der Waals surface area contributed by atoms with Crippen LogP contribution in [0.25, 0.3) is 11.3 Å². The highest BCUT2D eigenvalue weighted by molar-refractivity contribution is 6.37. The highest BCUT2D eigenvalue weighted by atomic mass is 35.5. The van der Waals surface area contributed by atoms with Gasteiger partial charge in [0.2, 0.25) is 5.95 Å². The summed E-state index contributed by atoms with van der Waals surface area (Å²) >= 11 is 12.9. The summed E-state index contributed by atoms with van der Waals surface area (Å²) in [6, 6.07) is 4.85. The predicted octanol–water partition coefficient (Wildman–Crippen LogP) is 4.66. The molecule has 4 rings (SSSR count). The lowest BCUT2D eigenvalue weighted by molar-refractivity contribution is 0.0206. The van der Waals surface area contributed by atoms with Crippen molar-refractivity contribution in [3.63, 3.8) is 0 Å². The summed E-state index contributed by atoms with van der Waals surface area (Å²) < 4.78 is 61.0. The zero-order valence-corrected chi connectivity index (χ0v) is 25.2. The van der Waals surface area contributed by atoms with Gasteiger partial charge in [0.05, 0.1) is 61.1 Å². The average molecular weight is 671 g/mol. The molecule has 17 heteroatoms. The summed E-state index contributed by atoms with van der Waals surface area (Å²) in [6.45, 7) is -0.909. The number of nitrogen functional groups attached to an aromatic ring is 1. The van der Waals surface area contributed by atoms with Gasteiger partial charge in [-0.15, -0.1) is 0 Å². The van der Waals surface area contributed by atoms with E-state index in [2.05, 4.69) is 25.3 Å². The highest BCUT2D eigenvalue weighted by Gasteiger charge is 2.34. The number of rotatable bonds is 11. The van der Waals surface area contributed by atoms with Crippen molar-refractivity contribution < 1.29 is 32.2 Å². The van der Waals surface area contributed by atoms with Gasteiger partial charge >= 0.3 is 6.03 Å². The Balaban J connectivity index is 1.64. The number of carbonyl (C=O) groups is 1. The molecule has 0 unspecified atom stereocenters. The van der Waals surface area contributed by atoms with Gasteiger partial charge in [-0.1, -0.05) is 29.3 Å². The van der Waals surface area contributed by atoms with E-state index in [-0.39, 0.29) is 71.2 Å². The minimum atomic E-state index is -3.11. The number of nitrogens with two attached hydrogens (primary N) is 2. The van der Waals surface area contributed by atoms with Crippen molar-refractivity contribution in [3.8, 4) is 17.0 Å². The van der Waals surface area contributed by atoms with Crippen LogP contribution in [0.15, 0.2) is 40.3 Å². The van der Waals surface area contributed by atoms with E-state index in [1.54, 1.807) is 0 Å². The number of aromatic nitrogens is 2. The molecule has 0 fully saturated rings. The minimum Gasteiger partial charge on any atom is -0.493 e. The van der Waals surface area contributed by atoms with Crippen LogP contribution in [0.5, 0.6) is 5.75 Å². The number of hydrogen-bond acceptors (Lipinski definition) is 7. The van der Waals surface area contributed by atoms with Crippen molar-refractivity contribution in [2.75, 3.05) is 25.4 Å². The number of anilines is 1. The molecular formula is C28H28Cl2F4N8O3. The lowest BCUT2D eigenvalue weighted by Gasteiger charge is -2.27. The molecule has 1 aliphatic rings. The van der Waals surface area contributed by atoms with Crippen molar-refractivity contribution in [1.82, 2.24) is 20.2 Å². The third-order valence-electron chi connectivity index (χ3n) is 6.69. The second-order valence-electron chi connectivity index (χ2n) is 10.2. The number of alkyl halides is 2. The van der Waals surface area contributed by atoms with Crippen molar-refractivity contribution in [1.29, 1.82) is 0 Å². The van der Waals surface area contributed by atoms with Gasteiger partial charge in [-0.3, -0.25) is 4.99 Å². The number of benzene rings is 2. The molecule has 11 nitrogen and oxygen atoms in total. The van der Waals surface area contributed by atoms with Gasteiger partial charge in [-0.25, -0.2) is 37.3 Å². The van der Waals surface area contributed by atoms with E-state index in [0.29, 0.717) is 24.2 Å². The van der Waals surface area contributed by atoms with E-state index in [1.807, 2.05) is 0 Å². The zero-order chi connectivity index (χ0) is 32.9. The van der Waals surface area contributed by atoms with E-state index in [0.717, 1.165) is 24.8 Å². The summed E-state index contributed by atoms with van der Waals surface area (Å²) in [5.74, 6) is -4.99. The van der Waals surface area contributed by atoms with Gasteiger partial charge in [0.15, 0.2) is 0 Å². The van der Waals surface area contributed by atoms with Crippen LogP contribution in [0.2, 0.25) is 10.0 Å². The monoisotopic (exact) mass is 670 g/mol. The maximum absolute atomic E-state index is 14.7. The SMILES string of the molecule is CC(F)(F)CNC(=O)N1Cc2nc(N)nc(-c3c(Cl)cc(Cl)cc3OCC[C@](O)(CN=CN=CN)c3ccc(F)cc3F)c2C1. The number of nitrogens with zero attached hydrogens (tertiary/aromatic N) is 5. The first-order valence-corrected chi connectivity index (χ1v) is 14.0. The van der Waals surface area contributed by atoms with Crippen molar-refractivity contribution in [3.05, 3.63) is 68.8 Å². The molecule has 2 heterocycles. The Morgan fingerprint density at radius 1 is 1.22 bits per heavy atom. The summed E-state index contributed by atoms with van der Waals surface area (Å²) in [5, 5.41) is 13.9. The van der Waals surface area contributed by atoms with E-state index in [1.165, 1.54) is 17.0 Å². The van der Waals surface area contributed by atoms with Crippen LogP contribution >= 0.6 is 23.2 Å². The van der Waals surface area contributed by atoms with Crippen LogP contribution in [-0.2, 0) is 18.7 Å². The quantitative estimate of drug-likeness (QED) is 0.131. The number of hydrogen-bond donors (Lipinski definition) is 4. The molecule has 2 amide bonds. The molecular weight excluding hydrogens is 643 g/mol. The Morgan fingerprint density at radius 2 is 1.98 bits per heavy atom. The summed E-state index contributed by atoms with van der Waals surface area (Å²) in [7, 11) is 0. The van der Waals surface area contributed by atoms with Gasteiger partial charge in [0.25, 0.3) is 5.92 Å². The van der Waals surface area contributed by atoms with Crippen LogP contribution in [0.3, 0.4) is 0 Å². The second kappa shape index (κ2) is 13.8. The molecule has 1 atom stereocenters.